The Balaban J connectivity index is 3.27. The highest BCUT2D eigenvalue weighted by Gasteiger charge is 2.08. The molecule has 0 aromatic heterocycles. The summed E-state index contributed by atoms with van der Waals surface area (Å²) in [5.74, 6) is 0.618. The van der Waals surface area contributed by atoms with Crippen molar-refractivity contribution in [2.75, 3.05) is 13.2 Å². The van der Waals surface area contributed by atoms with Gasteiger partial charge in [-0.15, -0.1) is 0 Å². The molecular weight excluding hydrogens is 460 g/mol. The summed E-state index contributed by atoms with van der Waals surface area (Å²) in [7, 11) is 0. The van der Waals surface area contributed by atoms with Crippen molar-refractivity contribution < 1.29 is 19.1 Å². The topological polar surface area (TPSA) is 52.6 Å². The van der Waals surface area contributed by atoms with E-state index in [1.165, 1.54) is 116 Å². The van der Waals surface area contributed by atoms with Crippen LogP contribution in [0.15, 0.2) is 0 Å². The van der Waals surface area contributed by atoms with Crippen molar-refractivity contribution in [3.05, 3.63) is 0 Å². The Labute approximate surface area is 231 Å². The van der Waals surface area contributed by atoms with Crippen LogP contribution < -0.4 is 0 Å². The van der Waals surface area contributed by atoms with E-state index in [0.717, 1.165) is 32.1 Å². The number of hydrogen-bond donors (Lipinski definition) is 0. The molecule has 0 bridgehead atoms. The SMILES string of the molecule is CCCCCCOC(=O)CCCCCCCCCCCCCCCC(C)CCC(=O)OCCCCCC. The van der Waals surface area contributed by atoms with Gasteiger partial charge in [0.2, 0.25) is 0 Å². The van der Waals surface area contributed by atoms with Crippen molar-refractivity contribution in [1.82, 2.24) is 0 Å². The molecular formula is C33H64O4. The molecule has 0 radical (unpaired) electrons. The smallest absolute Gasteiger partial charge is 0.305 e. The van der Waals surface area contributed by atoms with Crippen LogP contribution >= 0.6 is 0 Å². The fraction of sp³-hybridized carbons (Fsp3) is 0.939. The molecule has 4 heteroatoms. The summed E-state index contributed by atoms with van der Waals surface area (Å²) in [6, 6.07) is 0. The third-order valence-corrected chi connectivity index (χ3v) is 7.44. The highest BCUT2D eigenvalue weighted by molar-refractivity contribution is 5.69. The van der Waals surface area contributed by atoms with Gasteiger partial charge in [0.1, 0.15) is 0 Å². The van der Waals surface area contributed by atoms with Gasteiger partial charge in [0.05, 0.1) is 13.2 Å². The van der Waals surface area contributed by atoms with Crippen molar-refractivity contribution >= 4 is 11.9 Å². The van der Waals surface area contributed by atoms with Gasteiger partial charge in [-0.05, 0) is 31.6 Å². The Morgan fingerprint density at radius 2 is 0.838 bits per heavy atom. The molecule has 0 fully saturated rings. The van der Waals surface area contributed by atoms with E-state index in [0.29, 0.717) is 32.0 Å². The summed E-state index contributed by atoms with van der Waals surface area (Å²) >= 11 is 0. The zero-order valence-corrected chi connectivity index (χ0v) is 25.3. The number of hydrogen-bond acceptors (Lipinski definition) is 4. The van der Waals surface area contributed by atoms with E-state index in [4.69, 9.17) is 9.47 Å². The third kappa shape index (κ3) is 29.4. The first-order valence-corrected chi connectivity index (χ1v) is 16.4. The highest BCUT2D eigenvalue weighted by Crippen LogP contribution is 2.18. The van der Waals surface area contributed by atoms with E-state index in [1.807, 2.05) is 0 Å². The minimum absolute atomic E-state index is 0.00333. The Kier molecular flexibility index (Phi) is 28.7. The quantitative estimate of drug-likeness (QED) is 0.0721. The van der Waals surface area contributed by atoms with Crippen molar-refractivity contribution in [2.24, 2.45) is 5.92 Å². The lowest BCUT2D eigenvalue weighted by Crippen LogP contribution is -2.08. The third-order valence-electron chi connectivity index (χ3n) is 7.44. The maximum atomic E-state index is 11.8. The van der Waals surface area contributed by atoms with Gasteiger partial charge in [-0.25, -0.2) is 0 Å². The summed E-state index contributed by atoms with van der Waals surface area (Å²) in [5.41, 5.74) is 0. The summed E-state index contributed by atoms with van der Waals surface area (Å²) in [5, 5.41) is 0. The van der Waals surface area contributed by atoms with E-state index in [9.17, 15) is 9.59 Å². The molecule has 0 saturated carbocycles. The van der Waals surface area contributed by atoms with Crippen LogP contribution in [0.5, 0.6) is 0 Å². The van der Waals surface area contributed by atoms with Crippen molar-refractivity contribution in [3.63, 3.8) is 0 Å². The van der Waals surface area contributed by atoms with Gasteiger partial charge in [-0.1, -0.05) is 143 Å². The Bertz CT molecular complexity index is 491. The van der Waals surface area contributed by atoms with E-state index < -0.39 is 0 Å². The second-order valence-corrected chi connectivity index (χ2v) is 11.3. The lowest BCUT2D eigenvalue weighted by atomic mass is 9.97. The van der Waals surface area contributed by atoms with Crippen molar-refractivity contribution in [1.29, 1.82) is 0 Å². The van der Waals surface area contributed by atoms with E-state index >= 15 is 0 Å². The molecule has 0 aliphatic heterocycles. The van der Waals surface area contributed by atoms with Crippen LogP contribution in [0.4, 0.5) is 0 Å². The molecule has 1 atom stereocenters. The lowest BCUT2D eigenvalue weighted by Gasteiger charge is -2.11. The first-order valence-electron chi connectivity index (χ1n) is 16.4. The Morgan fingerprint density at radius 1 is 0.459 bits per heavy atom. The first-order chi connectivity index (χ1) is 18.1. The minimum Gasteiger partial charge on any atom is -0.466 e. The van der Waals surface area contributed by atoms with Crippen LogP contribution in [0.25, 0.3) is 0 Å². The van der Waals surface area contributed by atoms with Crippen LogP contribution in [0.1, 0.15) is 181 Å². The summed E-state index contributed by atoms with van der Waals surface area (Å²) in [6.45, 7) is 7.88. The molecule has 4 nitrogen and oxygen atoms in total. The van der Waals surface area contributed by atoms with E-state index in [1.54, 1.807) is 0 Å². The van der Waals surface area contributed by atoms with Crippen LogP contribution in [0, 0.1) is 5.92 Å². The molecule has 220 valence electrons. The minimum atomic E-state index is -0.00579. The average Bonchev–Trinajstić information content (AvgIpc) is 2.89. The monoisotopic (exact) mass is 524 g/mol. The Morgan fingerprint density at radius 3 is 1.30 bits per heavy atom. The second-order valence-electron chi connectivity index (χ2n) is 11.3. The van der Waals surface area contributed by atoms with E-state index in [-0.39, 0.29) is 11.9 Å². The van der Waals surface area contributed by atoms with Gasteiger partial charge in [-0.2, -0.15) is 0 Å². The molecule has 1 unspecified atom stereocenters. The fourth-order valence-corrected chi connectivity index (χ4v) is 4.79. The molecule has 0 aromatic rings. The van der Waals surface area contributed by atoms with Crippen LogP contribution in [0.3, 0.4) is 0 Å². The molecule has 0 N–H and O–H groups in total. The summed E-state index contributed by atoms with van der Waals surface area (Å²) in [6.07, 6.45) is 29.5. The molecule has 0 amide bonds. The lowest BCUT2D eigenvalue weighted by molar-refractivity contribution is -0.144. The van der Waals surface area contributed by atoms with Crippen LogP contribution in [-0.4, -0.2) is 25.2 Å². The van der Waals surface area contributed by atoms with Gasteiger partial charge in [-0.3, -0.25) is 9.59 Å². The van der Waals surface area contributed by atoms with E-state index in [2.05, 4.69) is 20.8 Å². The number of rotatable bonds is 29. The standard InChI is InChI=1S/C33H64O4/c1-4-6-8-23-29-36-32(34)26-22-20-18-16-14-12-10-11-13-15-17-19-21-25-31(3)27-28-33(35)37-30-24-9-7-5-2/h31H,4-30H2,1-3H3. The maximum Gasteiger partial charge on any atom is 0.305 e. The summed E-state index contributed by atoms with van der Waals surface area (Å²) in [4.78, 5) is 23.5. The van der Waals surface area contributed by atoms with Gasteiger partial charge in [0, 0.05) is 12.8 Å². The molecule has 0 spiro atoms. The molecule has 0 rings (SSSR count). The zero-order chi connectivity index (χ0) is 27.2. The van der Waals surface area contributed by atoms with Crippen molar-refractivity contribution in [3.8, 4) is 0 Å². The molecule has 37 heavy (non-hydrogen) atoms. The molecule has 0 saturated heterocycles. The predicted octanol–water partition coefficient (Wildman–Crippen LogP) is 10.5. The number of ether oxygens (including phenoxy) is 2. The average molecular weight is 525 g/mol. The zero-order valence-electron chi connectivity index (χ0n) is 25.3. The first kappa shape index (κ1) is 35.9. The summed E-state index contributed by atoms with van der Waals surface area (Å²) < 4.78 is 10.6. The fourth-order valence-electron chi connectivity index (χ4n) is 4.79. The van der Waals surface area contributed by atoms with Crippen molar-refractivity contribution in [2.45, 2.75) is 181 Å². The van der Waals surface area contributed by atoms with Gasteiger partial charge in [0.15, 0.2) is 0 Å². The second kappa shape index (κ2) is 29.5. The predicted molar refractivity (Wildman–Crippen MR) is 158 cm³/mol. The molecule has 0 aromatic carbocycles. The normalized spacial score (nSPS) is 12.0. The number of carbonyl (C=O) groups is 2. The van der Waals surface area contributed by atoms with Crippen LogP contribution in [0.2, 0.25) is 0 Å². The van der Waals surface area contributed by atoms with Gasteiger partial charge < -0.3 is 9.47 Å². The van der Waals surface area contributed by atoms with Gasteiger partial charge in [0.25, 0.3) is 0 Å². The molecule has 0 heterocycles. The number of carbonyl (C=O) groups excluding carboxylic acids is 2. The maximum absolute atomic E-state index is 11.8. The van der Waals surface area contributed by atoms with Crippen LogP contribution in [-0.2, 0) is 19.1 Å². The van der Waals surface area contributed by atoms with Gasteiger partial charge >= 0.3 is 11.9 Å². The number of unbranched alkanes of at least 4 members (excludes halogenated alkanes) is 18. The largest absolute Gasteiger partial charge is 0.466 e. The molecule has 0 aliphatic rings. The Hall–Kier alpha value is -1.06. The number of esters is 2. The highest BCUT2D eigenvalue weighted by atomic mass is 16.5. The molecule has 0 aliphatic carbocycles.